The van der Waals surface area contributed by atoms with Gasteiger partial charge in [0.25, 0.3) is 0 Å². The van der Waals surface area contributed by atoms with Crippen molar-refractivity contribution in [3.63, 3.8) is 0 Å². The molecule has 7 aromatic carbocycles. The van der Waals surface area contributed by atoms with Crippen LogP contribution in [-0.2, 0) is 0 Å². The van der Waals surface area contributed by atoms with E-state index < -0.39 is 8.07 Å². The molecule has 0 saturated heterocycles. The van der Waals surface area contributed by atoms with E-state index in [1.165, 1.54) is 27.1 Å². The first-order valence-corrected chi connectivity index (χ1v) is 20.6. The molecule has 4 heteroatoms. The molecule has 240 valence electrons. The van der Waals surface area contributed by atoms with Gasteiger partial charge in [-0.05, 0) is 62.4 Å². The molecule has 50 heavy (non-hydrogen) atoms. The Kier molecular flexibility index (Phi) is 8.23. The largest absolute Gasteiger partial charge is 0.208 e. The van der Waals surface area contributed by atoms with Crippen LogP contribution >= 0.6 is 0 Å². The molecule has 0 saturated carbocycles. The molecule has 0 aliphatic heterocycles. The predicted molar refractivity (Wildman–Crippen MR) is 213 cm³/mol. The van der Waals surface area contributed by atoms with E-state index in [4.69, 9.17) is 15.0 Å². The Hall–Kier alpha value is -5.97. The Morgan fingerprint density at radius 2 is 0.720 bits per heavy atom. The van der Waals surface area contributed by atoms with E-state index in [-0.39, 0.29) is 0 Å². The number of hydrogen-bond donors (Lipinski definition) is 0. The molecular formula is C46H37N3Si. The number of fused-ring (bicyclic) bond motifs is 1. The smallest absolute Gasteiger partial charge is 0.164 e. The maximum Gasteiger partial charge on any atom is 0.164 e. The van der Waals surface area contributed by atoms with Crippen molar-refractivity contribution in [3.05, 3.63) is 170 Å². The second-order valence-corrected chi connectivity index (χ2v) is 18.8. The van der Waals surface area contributed by atoms with Crippen molar-refractivity contribution in [3.8, 4) is 67.5 Å². The average Bonchev–Trinajstić information content (AvgIpc) is 3.18. The summed E-state index contributed by atoms with van der Waals surface area (Å²) >= 11 is 0. The second-order valence-electron chi connectivity index (χ2n) is 13.7. The van der Waals surface area contributed by atoms with E-state index in [9.17, 15) is 0 Å². The molecule has 1 heterocycles. The molecule has 0 radical (unpaired) electrons. The highest BCUT2D eigenvalue weighted by atomic mass is 28.3. The third-order valence-electron chi connectivity index (χ3n) is 9.26. The first-order valence-electron chi connectivity index (χ1n) is 17.1. The average molecular weight is 660 g/mol. The van der Waals surface area contributed by atoms with Gasteiger partial charge in [-0.1, -0.05) is 176 Å². The lowest BCUT2D eigenvalue weighted by Gasteiger charge is -2.21. The van der Waals surface area contributed by atoms with Gasteiger partial charge in [-0.15, -0.1) is 0 Å². The molecular weight excluding hydrogens is 623 g/mol. The molecule has 0 spiro atoms. The van der Waals surface area contributed by atoms with Gasteiger partial charge in [-0.3, -0.25) is 0 Å². The van der Waals surface area contributed by atoms with Gasteiger partial charge in [-0.2, -0.15) is 0 Å². The number of nitrogens with zero attached hydrogens (tertiary/aromatic N) is 3. The van der Waals surface area contributed by atoms with Gasteiger partial charge in [0, 0.05) is 16.7 Å². The topological polar surface area (TPSA) is 38.7 Å². The summed E-state index contributed by atoms with van der Waals surface area (Å²) in [5.41, 5.74) is 9.84. The number of benzene rings is 7. The second kappa shape index (κ2) is 13.1. The summed E-state index contributed by atoms with van der Waals surface area (Å²) in [6.07, 6.45) is 0. The zero-order valence-corrected chi connectivity index (χ0v) is 29.5. The molecule has 0 aliphatic rings. The Morgan fingerprint density at radius 3 is 1.28 bits per heavy atom. The highest BCUT2D eigenvalue weighted by Crippen LogP contribution is 2.34. The summed E-state index contributed by atoms with van der Waals surface area (Å²) in [7, 11) is -1.51. The molecule has 0 unspecified atom stereocenters. The highest BCUT2D eigenvalue weighted by molar-refractivity contribution is 6.90. The van der Waals surface area contributed by atoms with Crippen LogP contribution in [0.1, 0.15) is 0 Å². The molecule has 0 aliphatic carbocycles. The van der Waals surface area contributed by atoms with Gasteiger partial charge >= 0.3 is 0 Å². The minimum absolute atomic E-state index is 0.643. The Morgan fingerprint density at radius 1 is 0.320 bits per heavy atom. The predicted octanol–water partition coefficient (Wildman–Crippen LogP) is 11.6. The highest BCUT2D eigenvalue weighted by Gasteiger charge is 2.20. The lowest BCUT2D eigenvalue weighted by molar-refractivity contribution is 1.07. The van der Waals surface area contributed by atoms with Gasteiger partial charge in [-0.25, -0.2) is 15.0 Å². The van der Waals surface area contributed by atoms with Crippen LogP contribution < -0.4 is 5.19 Å². The van der Waals surface area contributed by atoms with Gasteiger partial charge in [0.15, 0.2) is 17.5 Å². The van der Waals surface area contributed by atoms with Gasteiger partial charge in [0.1, 0.15) is 0 Å². The van der Waals surface area contributed by atoms with Crippen molar-refractivity contribution in [2.75, 3.05) is 0 Å². The molecule has 1 aromatic heterocycles. The van der Waals surface area contributed by atoms with Crippen LogP contribution in [0, 0.1) is 0 Å². The SMILES string of the molecule is C[Si](C)(C)c1ccc(-c2cccc(-c3cccc(-c4nc(-c5ccccc5)nc(-c5cccc(-c6ccccc6)c5)n4)c3)c2)c2ccccc12. The fraction of sp³-hybridized carbons (Fsp3) is 0.0652. The van der Waals surface area contributed by atoms with E-state index in [0.29, 0.717) is 17.5 Å². The normalized spacial score (nSPS) is 11.5. The van der Waals surface area contributed by atoms with E-state index in [1.807, 2.05) is 36.4 Å². The molecule has 0 amide bonds. The standard InChI is InChI=1S/C46H37N3Si/c1-50(2,3)43-28-27-40(41-25-10-11-26-42(41)43)37-22-12-20-35(29-37)36-21-14-24-39(31-36)46-48-44(33-17-8-5-9-18-33)47-45(49-46)38-23-13-19-34(30-38)32-15-6-4-7-16-32/h4-31H,1-3H3. The minimum atomic E-state index is -1.51. The summed E-state index contributed by atoms with van der Waals surface area (Å²) in [6.45, 7) is 7.26. The van der Waals surface area contributed by atoms with E-state index in [1.54, 1.807) is 0 Å². The van der Waals surface area contributed by atoms with Gasteiger partial charge < -0.3 is 0 Å². The monoisotopic (exact) mass is 659 g/mol. The lowest BCUT2D eigenvalue weighted by Crippen LogP contribution is -2.38. The summed E-state index contributed by atoms with van der Waals surface area (Å²) in [5.74, 6) is 1.94. The van der Waals surface area contributed by atoms with Crippen molar-refractivity contribution >= 4 is 24.0 Å². The maximum absolute atomic E-state index is 5.08. The molecule has 0 N–H and O–H groups in total. The van der Waals surface area contributed by atoms with Crippen LogP contribution in [0.25, 0.3) is 78.3 Å². The third-order valence-corrected chi connectivity index (χ3v) is 11.3. The van der Waals surface area contributed by atoms with Crippen LogP contribution in [0.5, 0.6) is 0 Å². The quantitative estimate of drug-likeness (QED) is 0.160. The fourth-order valence-electron chi connectivity index (χ4n) is 6.73. The first kappa shape index (κ1) is 31.3. The van der Waals surface area contributed by atoms with Crippen molar-refractivity contribution in [1.82, 2.24) is 15.0 Å². The van der Waals surface area contributed by atoms with Crippen LogP contribution in [0.4, 0.5) is 0 Å². The van der Waals surface area contributed by atoms with Crippen LogP contribution in [-0.4, -0.2) is 23.0 Å². The summed E-state index contributed by atoms with van der Waals surface area (Å²) in [6, 6.07) is 59.9. The third kappa shape index (κ3) is 6.29. The summed E-state index contributed by atoms with van der Waals surface area (Å²) < 4.78 is 0. The molecule has 8 rings (SSSR count). The van der Waals surface area contributed by atoms with E-state index >= 15 is 0 Å². The molecule has 0 bridgehead atoms. The Balaban J connectivity index is 1.21. The molecule has 0 fully saturated rings. The van der Waals surface area contributed by atoms with Gasteiger partial charge in [0.05, 0.1) is 8.07 Å². The van der Waals surface area contributed by atoms with E-state index in [2.05, 4.69) is 153 Å². The minimum Gasteiger partial charge on any atom is -0.208 e. The fourth-order valence-corrected chi connectivity index (χ4v) is 8.34. The summed E-state index contributed by atoms with van der Waals surface area (Å²) in [4.78, 5) is 15.1. The zero-order valence-electron chi connectivity index (χ0n) is 28.5. The van der Waals surface area contributed by atoms with Crippen molar-refractivity contribution in [2.24, 2.45) is 0 Å². The van der Waals surface area contributed by atoms with Crippen molar-refractivity contribution < 1.29 is 0 Å². The van der Waals surface area contributed by atoms with E-state index in [0.717, 1.165) is 38.9 Å². The number of hydrogen-bond acceptors (Lipinski definition) is 3. The maximum atomic E-state index is 5.08. The number of rotatable bonds is 7. The van der Waals surface area contributed by atoms with Crippen LogP contribution in [0.2, 0.25) is 19.6 Å². The van der Waals surface area contributed by atoms with Crippen LogP contribution in [0.3, 0.4) is 0 Å². The van der Waals surface area contributed by atoms with Crippen molar-refractivity contribution in [1.29, 1.82) is 0 Å². The lowest BCUT2D eigenvalue weighted by atomic mass is 9.94. The summed E-state index contributed by atoms with van der Waals surface area (Å²) in [5, 5.41) is 4.17. The first-order chi connectivity index (χ1) is 24.4. The zero-order chi connectivity index (χ0) is 34.1. The molecule has 8 aromatic rings. The molecule has 3 nitrogen and oxygen atoms in total. The Bertz CT molecular complexity index is 2470. The number of aromatic nitrogens is 3. The van der Waals surface area contributed by atoms with Gasteiger partial charge in [0.2, 0.25) is 0 Å². The van der Waals surface area contributed by atoms with Crippen molar-refractivity contribution in [2.45, 2.75) is 19.6 Å². The molecule has 0 atom stereocenters. The Labute approximate surface area is 295 Å². The van der Waals surface area contributed by atoms with Crippen LogP contribution in [0.15, 0.2) is 170 Å².